The number of nitrogens with zero attached hydrogens (tertiary/aromatic N) is 2. The Balaban J connectivity index is 1.85. The molecule has 2 aromatic heterocycles. The van der Waals surface area contributed by atoms with Crippen molar-refractivity contribution in [2.75, 3.05) is 0 Å². The lowest BCUT2D eigenvalue weighted by atomic mass is 9.87. The fraction of sp³-hybridized carbons (Fsp3) is 0.0667. The molecule has 0 amide bonds. The van der Waals surface area contributed by atoms with Crippen LogP contribution in [-0.4, -0.2) is 21.5 Å². The van der Waals surface area contributed by atoms with Crippen molar-refractivity contribution in [2.24, 2.45) is 0 Å². The van der Waals surface area contributed by atoms with Gasteiger partial charge in [-0.15, -0.1) is 0 Å². The summed E-state index contributed by atoms with van der Waals surface area (Å²) >= 11 is 0. The quantitative estimate of drug-likeness (QED) is 0.305. The Kier molecular flexibility index (Phi) is 7.31. The molecular formula is C30H24N2O2. The molecule has 0 radical (unpaired) electrons. The smallest absolute Gasteiger partial charge is 0.167 e. The Morgan fingerprint density at radius 1 is 0.676 bits per heavy atom. The third-order valence-electron chi connectivity index (χ3n) is 5.48. The number of carbonyl (C=O) groups excluding carboxylic acids is 2. The number of hydrogen-bond donors (Lipinski definition) is 0. The van der Waals surface area contributed by atoms with Gasteiger partial charge in [0, 0.05) is 42.4 Å². The third kappa shape index (κ3) is 5.48. The van der Waals surface area contributed by atoms with Crippen molar-refractivity contribution in [3.05, 3.63) is 132 Å². The number of pyridine rings is 2. The molecule has 0 atom stereocenters. The highest BCUT2D eigenvalue weighted by Gasteiger charge is 2.21. The molecule has 0 N–H and O–H groups in total. The largest absolute Gasteiger partial charge is 0.294 e. The van der Waals surface area contributed by atoms with Crippen LogP contribution in [0.4, 0.5) is 0 Å². The van der Waals surface area contributed by atoms with Crippen molar-refractivity contribution in [1.82, 2.24) is 9.97 Å². The van der Waals surface area contributed by atoms with E-state index in [1.54, 1.807) is 31.7 Å². The first kappa shape index (κ1) is 22.7. The molecule has 2 aromatic carbocycles. The van der Waals surface area contributed by atoms with Crippen LogP contribution in [-0.2, 0) is 9.59 Å². The van der Waals surface area contributed by atoms with Crippen LogP contribution in [0, 0.1) is 0 Å². The Morgan fingerprint density at radius 2 is 1.21 bits per heavy atom. The van der Waals surface area contributed by atoms with E-state index in [1.165, 1.54) is 0 Å². The second-order valence-electron chi connectivity index (χ2n) is 7.82. The first-order valence-electron chi connectivity index (χ1n) is 11.0. The van der Waals surface area contributed by atoms with Crippen molar-refractivity contribution in [3.63, 3.8) is 0 Å². The highest BCUT2D eigenvalue weighted by Crippen LogP contribution is 2.32. The zero-order valence-corrected chi connectivity index (χ0v) is 18.9. The van der Waals surface area contributed by atoms with Gasteiger partial charge in [0.25, 0.3) is 0 Å². The molecule has 4 aromatic rings. The lowest BCUT2D eigenvalue weighted by Crippen LogP contribution is -2.08. The van der Waals surface area contributed by atoms with Crippen LogP contribution in [0.25, 0.3) is 22.8 Å². The Labute approximate surface area is 199 Å². The topological polar surface area (TPSA) is 59.9 Å². The normalized spacial score (nSPS) is 12.1. The minimum absolute atomic E-state index is 0.0691. The summed E-state index contributed by atoms with van der Waals surface area (Å²) in [7, 11) is 0. The summed E-state index contributed by atoms with van der Waals surface area (Å²) in [5.74, 6) is -0.172. The van der Waals surface area contributed by atoms with Crippen molar-refractivity contribution in [2.45, 2.75) is 13.3 Å². The number of carbonyl (C=O) groups is 2. The predicted octanol–water partition coefficient (Wildman–Crippen LogP) is 6.18. The fourth-order valence-corrected chi connectivity index (χ4v) is 3.91. The van der Waals surface area contributed by atoms with Gasteiger partial charge in [-0.3, -0.25) is 19.6 Å². The lowest BCUT2D eigenvalue weighted by Gasteiger charge is -2.16. The number of benzene rings is 2. The van der Waals surface area contributed by atoms with Crippen LogP contribution < -0.4 is 0 Å². The third-order valence-corrected chi connectivity index (χ3v) is 5.48. The molecule has 0 saturated heterocycles. The molecule has 34 heavy (non-hydrogen) atoms. The molecule has 4 nitrogen and oxygen atoms in total. The highest BCUT2D eigenvalue weighted by molar-refractivity contribution is 6.33. The van der Waals surface area contributed by atoms with Gasteiger partial charge in [-0.25, -0.2) is 0 Å². The van der Waals surface area contributed by atoms with Crippen molar-refractivity contribution in [1.29, 1.82) is 0 Å². The van der Waals surface area contributed by atoms with E-state index in [1.807, 2.05) is 91.0 Å². The summed E-state index contributed by atoms with van der Waals surface area (Å²) in [6, 6.07) is 26.5. The summed E-state index contributed by atoms with van der Waals surface area (Å²) in [6.45, 7) is 1.54. The molecule has 2 heterocycles. The van der Waals surface area contributed by atoms with E-state index in [9.17, 15) is 9.59 Å². The van der Waals surface area contributed by atoms with Gasteiger partial charge in [0.2, 0.25) is 0 Å². The number of Topliss-reactive ketones (excluding diaryl/α,β-unsaturated/α-hetero) is 2. The summed E-state index contributed by atoms with van der Waals surface area (Å²) in [5.41, 5.74) is 5.09. The summed E-state index contributed by atoms with van der Waals surface area (Å²) < 4.78 is 0. The molecule has 0 saturated carbocycles. The predicted molar refractivity (Wildman–Crippen MR) is 136 cm³/mol. The maximum Gasteiger partial charge on any atom is 0.167 e. The summed E-state index contributed by atoms with van der Waals surface area (Å²) in [5, 5.41) is 0. The summed E-state index contributed by atoms with van der Waals surface area (Å²) in [6.07, 6.45) is 8.69. The molecule has 0 aliphatic rings. The van der Waals surface area contributed by atoms with E-state index in [0.717, 1.165) is 22.3 Å². The van der Waals surface area contributed by atoms with Gasteiger partial charge >= 0.3 is 0 Å². The second kappa shape index (κ2) is 10.9. The molecule has 166 valence electrons. The number of ketones is 2. The fourth-order valence-electron chi connectivity index (χ4n) is 3.91. The lowest BCUT2D eigenvalue weighted by molar-refractivity contribution is -0.112. The van der Waals surface area contributed by atoms with Gasteiger partial charge in [0.05, 0.1) is 0 Å². The first-order valence-corrected chi connectivity index (χ1v) is 11.0. The first-order chi connectivity index (χ1) is 16.6. The minimum atomic E-state index is -0.0924. The molecule has 4 rings (SSSR count). The van der Waals surface area contributed by atoms with E-state index in [4.69, 9.17) is 0 Å². The van der Waals surface area contributed by atoms with Crippen molar-refractivity contribution >= 4 is 34.4 Å². The van der Waals surface area contributed by atoms with Crippen LogP contribution in [0.3, 0.4) is 0 Å². The maximum atomic E-state index is 13.8. The van der Waals surface area contributed by atoms with Gasteiger partial charge in [0.15, 0.2) is 11.6 Å². The van der Waals surface area contributed by atoms with Gasteiger partial charge in [-0.2, -0.15) is 0 Å². The van der Waals surface area contributed by atoms with E-state index in [0.29, 0.717) is 16.7 Å². The highest BCUT2D eigenvalue weighted by atomic mass is 16.1. The number of hydrogen-bond acceptors (Lipinski definition) is 4. The monoisotopic (exact) mass is 444 g/mol. The SMILES string of the molecule is CC(=O)C(=C(CC(=O)C(=Cc1ccncc1)c1ccccc1)c1ccncc1)c1ccccc1. The molecule has 4 heteroatoms. The Hall–Kier alpha value is -4.44. The number of allylic oxidation sites excluding steroid dienone is 3. The van der Waals surface area contributed by atoms with Crippen molar-refractivity contribution in [3.8, 4) is 0 Å². The van der Waals surface area contributed by atoms with Crippen LogP contribution in [0.5, 0.6) is 0 Å². The van der Waals surface area contributed by atoms with Crippen LogP contribution in [0.2, 0.25) is 0 Å². The second-order valence-corrected chi connectivity index (χ2v) is 7.82. The van der Waals surface area contributed by atoms with Gasteiger partial charge in [0.1, 0.15) is 0 Å². The number of rotatable bonds is 8. The average Bonchev–Trinajstić information content (AvgIpc) is 2.89. The van der Waals surface area contributed by atoms with E-state index in [2.05, 4.69) is 9.97 Å². The molecule has 0 unspecified atom stereocenters. The molecule has 0 aliphatic carbocycles. The van der Waals surface area contributed by atoms with Gasteiger partial charge in [-0.1, -0.05) is 60.7 Å². The molecule has 0 aliphatic heterocycles. The van der Waals surface area contributed by atoms with Crippen LogP contribution in [0.1, 0.15) is 35.6 Å². The summed E-state index contributed by atoms with van der Waals surface area (Å²) in [4.78, 5) is 34.9. The van der Waals surface area contributed by atoms with E-state index in [-0.39, 0.29) is 18.0 Å². The average molecular weight is 445 g/mol. The van der Waals surface area contributed by atoms with Gasteiger partial charge < -0.3 is 0 Å². The molecule has 0 bridgehead atoms. The zero-order chi connectivity index (χ0) is 23.8. The molecule has 0 fully saturated rings. The van der Waals surface area contributed by atoms with Gasteiger partial charge in [-0.05, 0) is 65.1 Å². The van der Waals surface area contributed by atoms with Crippen LogP contribution >= 0.6 is 0 Å². The number of aromatic nitrogens is 2. The van der Waals surface area contributed by atoms with Crippen molar-refractivity contribution < 1.29 is 9.59 Å². The molecular weight excluding hydrogens is 420 g/mol. The zero-order valence-electron chi connectivity index (χ0n) is 18.9. The minimum Gasteiger partial charge on any atom is -0.294 e. The maximum absolute atomic E-state index is 13.8. The van der Waals surface area contributed by atoms with Crippen LogP contribution in [0.15, 0.2) is 110 Å². The van der Waals surface area contributed by atoms with E-state index >= 15 is 0 Å². The van der Waals surface area contributed by atoms with E-state index < -0.39 is 0 Å². The standard InChI is InChI=1S/C30H24N2O2/c1-22(33)30(26-10-6-3-7-11-26)28(25-14-18-32-19-15-25)21-29(34)27(24-8-4-2-5-9-24)20-23-12-16-31-17-13-23/h2-20H,21H2,1H3. The molecule has 0 spiro atoms. The Bertz CT molecular complexity index is 1330. The Morgan fingerprint density at radius 3 is 1.76 bits per heavy atom.